The van der Waals surface area contributed by atoms with Crippen molar-refractivity contribution in [1.29, 1.82) is 0 Å². The van der Waals surface area contributed by atoms with E-state index in [1.54, 1.807) is 35.2 Å². The number of hydrogen-bond donors (Lipinski definition) is 1. The monoisotopic (exact) mass is 546 g/mol. The van der Waals surface area contributed by atoms with Crippen LogP contribution in [-0.4, -0.2) is 36.8 Å². The summed E-state index contributed by atoms with van der Waals surface area (Å²) in [6, 6.07) is 25.0. The van der Waals surface area contributed by atoms with Crippen LogP contribution in [0.4, 0.5) is 37.7 Å². The maximum Gasteiger partial charge on any atom is 0.573 e. The van der Waals surface area contributed by atoms with Crippen molar-refractivity contribution in [3.05, 3.63) is 102 Å². The SMILES string of the molecule is O[C@H](CN1c2ccccc2N(Cc2cccc(OC(F)(F)F)c2)CC1c1cccc2ccccc12)C(F)(F)F. The summed E-state index contributed by atoms with van der Waals surface area (Å²) in [6.07, 6.45) is -12.2. The lowest BCUT2D eigenvalue weighted by Crippen LogP contribution is -2.49. The van der Waals surface area contributed by atoms with E-state index in [1.807, 2.05) is 47.4 Å². The van der Waals surface area contributed by atoms with Crippen LogP contribution in [0.25, 0.3) is 10.8 Å². The molecule has 2 atom stereocenters. The highest BCUT2D eigenvalue weighted by Crippen LogP contribution is 2.44. The van der Waals surface area contributed by atoms with Crippen molar-refractivity contribution in [1.82, 2.24) is 0 Å². The maximum atomic E-state index is 13.5. The van der Waals surface area contributed by atoms with E-state index in [-0.39, 0.29) is 18.8 Å². The highest BCUT2D eigenvalue weighted by molar-refractivity contribution is 5.87. The lowest BCUT2D eigenvalue weighted by molar-refractivity contribution is -0.274. The molecule has 0 aliphatic carbocycles. The van der Waals surface area contributed by atoms with Gasteiger partial charge in [-0.3, -0.25) is 0 Å². The van der Waals surface area contributed by atoms with E-state index in [9.17, 15) is 31.4 Å². The minimum atomic E-state index is -4.84. The Kier molecular flexibility index (Phi) is 7.07. The fraction of sp³-hybridized carbons (Fsp3) is 0.241. The number of nitrogens with zero attached hydrogens (tertiary/aromatic N) is 2. The van der Waals surface area contributed by atoms with Crippen LogP contribution >= 0.6 is 0 Å². The van der Waals surface area contributed by atoms with Crippen LogP contribution in [-0.2, 0) is 6.54 Å². The van der Waals surface area contributed by atoms with Crippen LogP contribution in [0.1, 0.15) is 17.2 Å². The summed E-state index contributed by atoms with van der Waals surface area (Å²) in [6.45, 7) is -0.278. The number of fused-ring (bicyclic) bond motifs is 2. The van der Waals surface area contributed by atoms with Gasteiger partial charge in [-0.2, -0.15) is 13.2 Å². The molecule has 1 aliphatic rings. The normalized spacial score (nSPS) is 16.7. The fourth-order valence-electron chi connectivity index (χ4n) is 5.08. The Morgan fingerprint density at radius 3 is 2.23 bits per heavy atom. The van der Waals surface area contributed by atoms with Gasteiger partial charge in [0.05, 0.1) is 24.0 Å². The van der Waals surface area contributed by atoms with E-state index in [2.05, 4.69) is 4.74 Å². The number of halogens is 6. The average molecular weight is 547 g/mol. The zero-order valence-corrected chi connectivity index (χ0v) is 20.5. The number of β-amino-alcohol motifs (C(OH)–C–C–N with tert-alkyl or cyclic N) is 1. The molecule has 5 rings (SSSR count). The third-order valence-corrected chi connectivity index (χ3v) is 6.74. The van der Waals surface area contributed by atoms with Gasteiger partial charge >= 0.3 is 12.5 Å². The zero-order chi connectivity index (χ0) is 27.8. The van der Waals surface area contributed by atoms with Crippen LogP contribution in [0.2, 0.25) is 0 Å². The molecule has 0 saturated carbocycles. The summed E-state index contributed by atoms with van der Waals surface area (Å²) in [5.41, 5.74) is 2.39. The van der Waals surface area contributed by atoms with Gasteiger partial charge in [-0.15, -0.1) is 13.2 Å². The van der Waals surface area contributed by atoms with Gasteiger partial charge in [0, 0.05) is 13.1 Å². The van der Waals surface area contributed by atoms with Gasteiger partial charge in [-0.1, -0.05) is 66.7 Å². The molecule has 4 nitrogen and oxygen atoms in total. The predicted octanol–water partition coefficient (Wildman–Crippen LogP) is 7.23. The zero-order valence-electron chi connectivity index (χ0n) is 20.5. The van der Waals surface area contributed by atoms with Crippen molar-refractivity contribution in [2.24, 2.45) is 0 Å². The molecule has 1 aliphatic heterocycles. The molecule has 4 aromatic carbocycles. The predicted molar refractivity (Wildman–Crippen MR) is 137 cm³/mol. The van der Waals surface area contributed by atoms with Crippen molar-refractivity contribution < 1.29 is 36.2 Å². The molecule has 0 aromatic heterocycles. The third kappa shape index (κ3) is 5.90. The van der Waals surface area contributed by atoms with Crippen molar-refractivity contribution in [2.45, 2.75) is 31.2 Å². The first-order valence-corrected chi connectivity index (χ1v) is 12.2. The summed E-state index contributed by atoms with van der Waals surface area (Å²) in [7, 11) is 0. The molecule has 0 spiro atoms. The van der Waals surface area contributed by atoms with Crippen LogP contribution in [0.5, 0.6) is 5.75 Å². The Labute approximate surface area is 220 Å². The molecule has 1 N–H and O–H groups in total. The molecule has 10 heteroatoms. The molecular weight excluding hydrogens is 522 g/mol. The minimum absolute atomic E-state index is 0.184. The Hall–Kier alpha value is -3.92. The van der Waals surface area contributed by atoms with Gasteiger partial charge in [-0.25, -0.2) is 0 Å². The van der Waals surface area contributed by atoms with Gasteiger partial charge in [0.25, 0.3) is 0 Å². The molecule has 39 heavy (non-hydrogen) atoms. The maximum absolute atomic E-state index is 13.5. The molecular formula is C29H24F6N2O2. The second kappa shape index (κ2) is 10.3. The summed E-state index contributed by atoms with van der Waals surface area (Å²) in [5, 5.41) is 11.8. The number of aliphatic hydroxyl groups excluding tert-OH is 1. The first-order chi connectivity index (χ1) is 18.5. The van der Waals surface area contributed by atoms with Gasteiger partial charge in [0.2, 0.25) is 0 Å². The van der Waals surface area contributed by atoms with Crippen LogP contribution in [0, 0.1) is 0 Å². The van der Waals surface area contributed by atoms with E-state index in [0.29, 0.717) is 16.9 Å². The largest absolute Gasteiger partial charge is 0.573 e. The number of benzene rings is 4. The molecule has 1 unspecified atom stereocenters. The first-order valence-electron chi connectivity index (χ1n) is 12.2. The molecule has 0 amide bonds. The average Bonchev–Trinajstić information content (AvgIpc) is 2.88. The number of aliphatic hydroxyl groups is 1. The highest BCUT2D eigenvalue weighted by atomic mass is 19.4. The quantitative estimate of drug-likeness (QED) is 0.259. The summed E-state index contributed by atoms with van der Waals surface area (Å²) >= 11 is 0. The van der Waals surface area contributed by atoms with Crippen molar-refractivity contribution in [2.75, 3.05) is 22.9 Å². The van der Waals surface area contributed by atoms with Crippen LogP contribution in [0.15, 0.2) is 91.0 Å². The second-order valence-electron chi connectivity index (χ2n) is 9.36. The Bertz CT molecular complexity index is 1450. The van der Waals surface area contributed by atoms with Crippen LogP contribution in [0.3, 0.4) is 0 Å². The smallest absolute Gasteiger partial charge is 0.406 e. The van der Waals surface area contributed by atoms with Gasteiger partial charge in [0.15, 0.2) is 6.10 Å². The number of hydrogen-bond acceptors (Lipinski definition) is 4. The molecule has 4 aromatic rings. The standard InChI is InChI=1S/C29H24F6N2O2/c30-28(31,32)27(38)18-37-25-14-4-3-13-24(25)36(16-19-7-5-10-21(15-19)39-29(33,34)35)17-26(37)23-12-6-9-20-8-1-2-11-22(20)23/h1-15,26-27,38H,16-18H2/t26?,27-/m1/s1. The molecule has 0 radical (unpaired) electrons. The summed E-state index contributed by atoms with van der Waals surface area (Å²) in [4.78, 5) is 3.49. The fourth-order valence-corrected chi connectivity index (χ4v) is 5.08. The third-order valence-electron chi connectivity index (χ3n) is 6.74. The van der Waals surface area contributed by atoms with Crippen molar-refractivity contribution in [3.63, 3.8) is 0 Å². The van der Waals surface area contributed by atoms with Crippen molar-refractivity contribution in [3.8, 4) is 5.75 Å². The van der Waals surface area contributed by atoms with E-state index in [1.165, 1.54) is 18.2 Å². The molecule has 204 valence electrons. The number of para-hydroxylation sites is 2. The van der Waals surface area contributed by atoms with Crippen molar-refractivity contribution >= 4 is 22.1 Å². The molecule has 0 bridgehead atoms. The van der Waals surface area contributed by atoms with E-state index >= 15 is 0 Å². The van der Waals surface area contributed by atoms with E-state index in [4.69, 9.17) is 0 Å². The lowest BCUT2D eigenvalue weighted by atomic mass is 9.94. The molecule has 0 saturated heterocycles. The number of ether oxygens (including phenoxy) is 1. The Balaban J connectivity index is 1.58. The summed E-state index contributed by atoms with van der Waals surface area (Å²) in [5.74, 6) is -0.356. The minimum Gasteiger partial charge on any atom is -0.406 e. The molecule has 0 fully saturated rings. The van der Waals surface area contributed by atoms with E-state index < -0.39 is 31.2 Å². The molecule has 1 heterocycles. The Morgan fingerprint density at radius 2 is 1.49 bits per heavy atom. The van der Waals surface area contributed by atoms with Gasteiger partial charge < -0.3 is 19.6 Å². The Morgan fingerprint density at radius 1 is 0.821 bits per heavy atom. The van der Waals surface area contributed by atoms with Gasteiger partial charge in [0.1, 0.15) is 5.75 Å². The summed E-state index contributed by atoms with van der Waals surface area (Å²) < 4.78 is 82.9. The van der Waals surface area contributed by atoms with Gasteiger partial charge in [-0.05, 0) is 46.2 Å². The topological polar surface area (TPSA) is 35.9 Å². The number of rotatable bonds is 6. The van der Waals surface area contributed by atoms with Crippen LogP contribution < -0.4 is 14.5 Å². The number of anilines is 2. The highest BCUT2D eigenvalue weighted by Gasteiger charge is 2.42. The van der Waals surface area contributed by atoms with E-state index in [0.717, 1.165) is 16.3 Å². The lowest BCUT2D eigenvalue weighted by Gasteiger charge is -2.46. The first kappa shape index (κ1) is 26.7. The number of alkyl halides is 6. The second-order valence-corrected chi connectivity index (χ2v) is 9.36.